The third kappa shape index (κ3) is 3.42. The summed E-state index contributed by atoms with van der Waals surface area (Å²) in [5, 5.41) is 0. The van der Waals surface area contributed by atoms with Gasteiger partial charge in [-0.3, -0.25) is 9.59 Å². The summed E-state index contributed by atoms with van der Waals surface area (Å²) in [5.41, 5.74) is 1.07. The van der Waals surface area contributed by atoms with Gasteiger partial charge in [-0.05, 0) is 30.5 Å². The number of imide groups is 1. The maximum Gasteiger partial charge on any atom is 0.271 e. The van der Waals surface area contributed by atoms with E-state index < -0.39 is 0 Å². The lowest BCUT2D eigenvalue weighted by atomic mass is 10.1. The van der Waals surface area contributed by atoms with E-state index in [1.165, 1.54) is 48.4 Å². The van der Waals surface area contributed by atoms with Crippen LogP contribution in [0.5, 0.6) is 0 Å². The fourth-order valence-corrected chi connectivity index (χ4v) is 3.27. The molecule has 0 unspecified atom stereocenters. The highest BCUT2D eigenvalue weighted by molar-refractivity contribution is 7.98. The van der Waals surface area contributed by atoms with Gasteiger partial charge in [-0.2, -0.15) is 0 Å². The third-order valence-corrected chi connectivity index (χ3v) is 4.54. The Morgan fingerprint density at radius 3 is 2.05 bits per heavy atom. The highest BCUT2D eigenvalue weighted by atomic mass is 32.2. The van der Waals surface area contributed by atoms with Gasteiger partial charge in [-0.25, -0.2) is 4.31 Å². The van der Waals surface area contributed by atoms with E-state index in [0.29, 0.717) is 11.1 Å². The van der Waals surface area contributed by atoms with Crippen molar-refractivity contribution >= 4 is 23.8 Å². The van der Waals surface area contributed by atoms with Crippen LogP contribution in [-0.4, -0.2) is 21.9 Å². The number of carbonyl (C=O) groups is 2. The summed E-state index contributed by atoms with van der Waals surface area (Å²) in [7, 11) is 0. The van der Waals surface area contributed by atoms with Crippen molar-refractivity contribution < 1.29 is 9.59 Å². The second-order valence-corrected chi connectivity index (χ2v) is 6.08. The molecule has 0 radical (unpaired) electrons. The van der Waals surface area contributed by atoms with E-state index in [2.05, 4.69) is 6.92 Å². The highest BCUT2D eigenvalue weighted by Gasteiger charge is 2.35. The molecule has 108 valence electrons. The van der Waals surface area contributed by atoms with Gasteiger partial charge in [0.25, 0.3) is 11.8 Å². The summed E-state index contributed by atoms with van der Waals surface area (Å²) in [6, 6.07) is 7.04. The van der Waals surface area contributed by atoms with Gasteiger partial charge in [0, 0.05) is 5.75 Å². The number of rotatable bonds is 8. The molecule has 1 aliphatic heterocycles. The molecular weight excluding hydrogens is 270 g/mol. The molecule has 0 spiro atoms. The SMILES string of the molecule is CCCCCCCCSN1C(=O)c2ccccc2C1=O. The molecule has 1 aromatic rings. The van der Waals surface area contributed by atoms with Gasteiger partial charge in [0.2, 0.25) is 0 Å². The molecule has 0 fully saturated rings. The molecular formula is C16H21NO2S. The van der Waals surface area contributed by atoms with Crippen LogP contribution in [0.1, 0.15) is 66.2 Å². The van der Waals surface area contributed by atoms with Crippen LogP contribution in [0.15, 0.2) is 24.3 Å². The quantitative estimate of drug-likeness (QED) is 0.407. The monoisotopic (exact) mass is 291 g/mol. The number of amides is 2. The number of hydrogen-bond acceptors (Lipinski definition) is 3. The molecule has 2 amide bonds. The van der Waals surface area contributed by atoms with Crippen LogP contribution in [-0.2, 0) is 0 Å². The van der Waals surface area contributed by atoms with Gasteiger partial charge >= 0.3 is 0 Å². The van der Waals surface area contributed by atoms with Gasteiger partial charge < -0.3 is 0 Å². The van der Waals surface area contributed by atoms with Crippen LogP contribution in [0, 0.1) is 0 Å². The zero-order valence-electron chi connectivity index (χ0n) is 11.9. The van der Waals surface area contributed by atoms with Crippen molar-refractivity contribution in [1.82, 2.24) is 4.31 Å². The second-order valence-electron chi connectivity index (χ2n) is 5.05. The van der Waals surface area contributed by atoms with Crippen molar-refractivity contribution in [2.24, 2.45) is 0 Å². The maximum atomic E-state index is 12.1. The molecule has 0 aliphatic carbocycles. The average molecular weight is 291 g/mol. The number of hydrogen-bond donors (Lipinski definition) is 0. The van der Waals surface area contributed by atoms with Gasteiger partial charge in [-0.15, -0.1) is 0 Å². The normalized spacial score (nSPS) is 13.9. The van der Waals surface area contributed by atoms with Crippen LogP contribution in [0.4, 0.5) is 0 Å². The van der Waals surface area contributed by atoms with Crippen molar-refractivity contribution in [2.45, 2.75) is 45.4 Å². The Morgan fingerprint density at radius 1 is 0.900 bits per heavy atom. The Bertz CT molecular complexity index is 452. The number of nitrogens with zero attached hydrogens (tertiary/aromatic N) is 1. The molecule has 0 saturated carbocycles. The Hall–Kier alpha value is -1.29. The van der Waals surface area contributed by atoms with E-state index >= 15 is 0 Å². The lowest BCUT2D eigenvalue weighted by Gasteiger charge is -2.11. The lowest BCUT2D eigenvalue weighted by Crippen LogP contribution is -2.22. The summed E-state index contributed by atoms with van der Waals surface area (Å²) < 4.78 is 1.32. The smallest absolute Gasteiger partial charge is 0.268 e. The minimum absolute atomic E-state index is 0.165. The summed E-state index contributed by atoms with van der Waals surface area (Å²) >= 11 is 1.35. The van der Waals surface area contributed by atoms with Crippen molar-refractivity contribution in [3.63, 3.8) is 0 Å². The van der Waals surface area contributed by atoms with E-state index in [0.717, 1.165) is 12.2 Å². The number of carbonyl (C=O) groups excluding carboxylic acids is 2. The molecule has 1 aliphatic rings. The number of fused-ring (bicyclic) bond motifs is 1. The lowest BCUT2D eigenvalue weighted by molar-refractivity contribution is 0.0777. The van der Waals surface area contributed by atoms with Crippen LogP contribution >= 0.6 is 11.9 Å². The minimum atomic E-state index is -0.165. The van der Waals surface area contributed by atoms with E-state index in [-0.39, 0.29) is 11.8 Å². The third-order valence-electron chi connectivity index (χ3n) is 3.48. The van der Waals surface area contributed by atoms with Crippen LogP contribution in [0.3, 0.4) is 0 Å². The molecule has 20 heavy (non-hydrogen) atoms. The Labute approximate surface area is 124 Å². The first kappa shape index (κ1) is 15.1. The summed E-state index contributed by atoms with van der Waals surface area (Å²) in [6.07, 6.45) is 7.32. The average Bonchev–Trinajstić information content (AvgIpc) is 2.71. The van der Waals surface area contributed by atoms with E-state index in [1.807, 2.05) is 0 Å². The molecule has 0 atom stereocenters. The molecule has 0 bridgehead atoms. The topological polar surface area (TPSA) is 37.4 Å². The molecule has 0 aromatic heterocycles. The van der Waals surface area contributed by atoms with Crippen molar-refractivity contribution in [3.8, 4) is 0 Å². The van der Waals surface area contributed by atoms with E-state index in [1.54, 1.807) is 24.3 Å². The Balaban J connectivity index is 1.75. The molecule has 0 saturated heterocycles. The first-order chi connectivity index (χ1) is 9.75. The van der Waals surface area contributed by atoms with Gasteiger partial charge in [0.1, 0.15) is 0 Å². The second kappa shape index (κ2) is 7.48. The van der Waals surface area contributed by atoms with Crippen molar-refractivity contribution in [3.05, 3.63) is 35.4 Å². The number of unbranched alkanes of at least 4 members (excludes halogenated alkanes) is 5. The zero-order chi connectivity index (χ0) is 14.4. The molecule has 1 heterocycles. The fourth-order valence-electron chi connectivity index (χ4n) is 2.32. The number of benzene rings is 1. The van der Waals surface area contributed by atoms with Gasteiger partial charge in [-0.1, -0.05) is 51.2 Å². The predicted octanol–water partition coefficient (Wildman–Crippen LogP) is 4.29. The summed E-state index contributed by atoms with van der Waals surface area (Å²) in [6.45, 7) is 2.21. The fraction of sp³-hybridized carbons (Fsp3) is 0.500. The maximum absolute atomic E-state index is 12.1. The minimum Gasteiger partial charge on any atom is -0.268 e. The van der Waals surface area contributed by atoms with Crippen molar-refractivity contribution in [2.75, 3.05) is 5.75 Å². The molecule has 0 N–H and O–H groups in total. The van der Waals surface area contributed by atoms with Gasteiger partial charge in [0.15, 0.2) is 0 Å². The molecule has 3 nitrogen and oxygen atoms in total. The summed E-state index contributed by atoms with van der Waals surface area (Å²) in [5.74, 6) is 0.501. The Morgan fingerprint density at radius 2 is 1.45 bits per heavy atom. The highest BCUT2D eigenvalue weighted by Crippen LogP contribution is 2.28. The first-order valence-electron chi connectivity index (χ1n) is 7.36. The van der Waals surface area contributed by atoms with Crippen LogP contribution < -0.4 is 0 Å². The Kier molecular flexibility index (Phi) is 5.65. The van der Waals surface area contributed by atoms with Crippen molar-refractivity contribution in [1.29, 1.82) is 0 Å². The van der Waals surface area contributed by atoms with E-state index in [9.17, 15) is 9.59 Å². The van der Waals surface area contributed by atoms with Gasteiger partial charge in [0.05, 0.1) is 11.1 Å². The molecule has 4 heteroatoms. The van der Waals surface area contributed by atoms with Crippen LogP contribution in [0.2, 0.25) is 0 Å². The largest absolute Gasteiger partial charge is 0.271 e. The standard InChI is InChI=1S/C16H21NO2S/c1-2-3-4-5-6-9-12-20-17-15(18)13-10-7-8-11-14(13)16(17)19/h7-8,10-11H,2-6,9,12H2,1H3. The summed E-state index contributed by atoms with van der Waals surface area (Å²) in [4.78, 5) is 24.2. The predicted molar refractivity (Wildman–Crippen MR) is 82.8 cm³/mol. The first-order valence-corrected chi connectivity index (χ1v) is 8.30. The van der Waals surface area contributed by atoms with Crippen LogP contribution in [0.25, 0.3) is 0 Å². The molecule has 1 aromatic carbocycles. The zero-order valence-corrected chi connectivity index (χ0v) is 12.7. The van der Waals surface area contributed by atoms with E-state index in [4.69, 9.17) is 0 Å². The molecule has 2 rings (SSSR count).